The normalized spacial score (nSPS) is 14.5. The Bertz CT molecular complexity index is 775. The van der Waals surface area contributed by atoms with Gasteiger partial charge in [0.05, 0.1) is 0 Å². The number of thiocarbonyl (C=S) groups is 1. The molecule has 0 unspecified atom stereocenters. The summed E-state index contributed by atoms with van der Waals surface area (Å²) < 4.78 is 5.94. The summed E-state index contributed by atoms with van der Waals surface area (Å²) in [4.78, 5) is 11.4. The van der Waals surface area contributed by atoms with E-state index in [-0.39, 0.29) is 0 Å². The van der Waals surface area contributed by atoms with E-state index in [4.69, 9.17) is 17.0 Å². The van der Waals surface area contributed by atoms with E-state index in [2.05, 4.69) is 39.0 Å². The molecule has 0 spiro atoms. The van der Waals surface area contributed by atoms with Crippen molar-refractivity contribution in [2.75, 3.05) is 29.9 Å². The zero-order chi connectivity index (χ0) is 19.1. The molecule has 7 heteroatoms. The molecule has 0 atom stereocenters. The van der Waals surface area contributed by atoms with Gasteiger partial charge in [-0.25, -0.2) is 0 Å². The van der Waals surface area contributed by atoms with Crippen LogP contribution in [0.15, 0.2) is 49.1 Å². The van der Waals surface area contributed by atoms with Crippen LogP contribution < -0.4 is 20.3 Å². The Morgan fingerprint density at radius 2 is 2.04 bits per heavy atom. The first kappa shape index (κ1) is 19.1. The molecule has 0 aliphatic carbocycles. The standard InChI is InChI=1S/C20H25N5OS/c1-3-11-21-20(27)24-19-22-17(25-12-9-15(2)10-13-25)14-18(23-19)26-16-7-5-4-6-8-16/h3-8,14-15H,1,9-13H2,2H3,(H2,21,22,23,24,27). The van der Waals surface area contributed by atoms with Crippen molar-refractivity contribution in [2.24, 2.45) is 5.92 Å². The minimum atomic E-state index is 0.415. The average Bonchev–Trinajstić information content (AvgIpc) is 2.67. The number of ether oxygens (including phenoxy) is 1. The fraction of sp³-hybridized carbons (Fsp3) is 0.350. The maximum atomic E-state index is 5.94. The van der Waals surface area contributed by atoms with Gasteiger partial charge in [0.2, 0.25) is 11.8 Å². The monoisotopic (exact) mass is 383 g/mol. The maximum absolute atomic E-state index is 5.94. The number of rotatable bonds is 6. The Balaban J connectivity index is 1.82. The minimum Gasteiger partial charge on any atom is -0.439 e. The smallest absolute Gasteiger partial charge is 0.234 e. The molecule has 6 nitrogen and oxygen atoms in total. The lowest BCUT2D eigenvalue weighted by Crippen LogP contribution is -2.34. The summed E-state index contributed by atoms with van der Waals surface area (Å²) in [5, 5.41) is 6.51. The third-order valence-corrected chi connectivity index (χ3v) is 4.64. The van der Waals surface area contributed by atoms with Crippen molar-refractivity contribution < 1.29 is 4.74 Å². The van der Waals surface area contributed by atoms with Crippen molar-refractivity contribution in [1.82, 2.24) is 15.3 Å². The predicted molar refractivity (Wildman–Crippen MR) is 114 cm³/mol. The summed E-state index contributed by atoms with van der Waals surface area (Å²) in [6, 6.07) is 11.5. The van der Waals surface area contributed by atoms with Crippen molar-refractivity contribution in [3.8, 4) is 11.6 Å². The lowest BCUT2D eigenvalue weighted by Gasteiger charge is -2.31. The number of benzene rings is 1. The highest BCUT2D eigenvalue weighted by Gasteiger charge is 2.19. The second-order valence-electron chi connectivity index (χ2n) is 6.60. The number of nitrogens with one attached hydrogen (secondary N) is 2. The minimum absolute atomic E-state index is 0.415. The molecule has 3 rings (SSSR count). The van der Waals surface area contributed by atoms with Crippen molar-refractivity contribution in [1.29, 1.82) is 0 Å². The van der Waals surface area contributed by atoms with Crippen LogP contribution in [-0.4, -0.2) is 34.7 Å². The molecule has 1 aromatic carbocycles. The Hall–Kier alpha value is -2.67. The summed E-state index contributed by atoms with van der Waals surface area (Å²) in [5.74, 6) is 3.22. The molecule has 0 bridgehead atoms. The van der Waals surface area contributed by atoms with Crippen LogP contribution in [0, 0.1) is 5.92 Å². The Labute approximate surface area is 165 Å². The summed E-state index contributed by atoms with van der Waals surface area (Å²) in [7, 11) is 0. The van der Waals surface area contributed by atoms with Crippen molar-refractivity contribution >= 4 is 29.1 Å². The van der Waals surface area contributed by atoms with E-state index in [1.54, 1.807) is 6.08 Å². The number of nitrogens with zero attached hydrogens (tertiary/aromatic N) is 3. The molecule has 1 saturated heterocycles. The molecule has 0 radical (unpaired) electrons. The van der Waals surface area contributed by atoms with E-state index >= 15 is 0 Å². The van der Waals surface area contributed by atoms with Gasteiger partial charge in [0.25, 0.3) is 0 Å². The fourth-order valence-electron chi connectivity index (χ4n) is 2.84. The van der Waals surface area contributed by atoms with Crippen LogP contribution in [0.4, 0.5) is 11.8 Å². The first-order valence-electron chi connectivity index (χ1n) is 9.16. The number of para-hydroxylation sites is 1. The fourth-order valence-corrected chi connectivity index (χ4v) is 3.02. The van der Waals surface area contributed by atoms with Crippen LogP contribution in [0.1, 0.15) is 19.8 Å². The molecule has 1 aliphatic rings. The molecule has 1 aliphatic heterocycles. The molecule has 2 heterocycles. The molecule has 1 aromatic heterocycles. The quantitative estimate of drug-likeness (QED) is 0.578. The van der Waals surface area contributed by atoms with E-state index in [0.717, 1.165) is 43.4 Å². The van der Waals surface area contributed by atoms with Gasteiger partial charge in [-0.05, 0) is 43.1 Å². The summed E-state index contributed by atoms with van der Waals surface area (Å²) in [6.07, 6.45) is 4.05. The van der Waals surface area contributed by atoms with Crippen LogP contribution in [0.3, 0.4) is 0 Å². The van der Waals surface area contributed by atoms with Crippen LogP contribution in [0.2, 0.25) is 0 Å². The second-order valence-corrected chi connectivity index (χ2v) is 7.00. The SMILES string of the molecule is C=CCNC(=S)Nc1nc(Oc2ccccc2)cc(N2CCC(C)CC2)n1. The molecular weight excluding hydrogens is 358 g/mol. The first-order valence-corrected chi connectivity index (χ1v) is 9.57. The molecule has 2 aromatic rings. The summed E-state index contributed by atoms with van der Waals surface area (Å²) >= 11 is 5.29. The van der Waals surface area contributed by atoms with Gasteiger partial charge in [0.1, 0.15) is 11.6 Å². The number of anilines is 2. The lowest BCUT2D eigenvalue weighted by atomic mass is 9.99. The molecule has 0 saturated carbocycles. The van der Waals surface area contributed by atoms with Gasteiger partial charge >= 0.3 is 0 Å². The summed E-state index contributed by atoms with van der Waals surface area (Å²) in [6.45, 7) is 8.48. The van der Waals surface area contributed by atoms with Gasteiger partial charge in [-0.1, -0.05) is 31.2 Å². The predicted octanol–water partition coefficient (Wildman–Crippen LogP) is 3.98. The zero-order valence-corrected chi connectivity index (χ0v) is 16.3. The highest BCUT2D eigenvalue weighted by atomic mass is 32.1. The molecule has 27 heavy (non-hydrogen) atoms. The molecule has 142 valence electrons. The van der Waals surface area contributed by atoms with Crippen molar-refractivity contribution in [3.63, 3.8) is 0 Å². The number of aromatic nitrogens is 2. The maximum Gasteiger partial charge on any atom is 0.234 e. The van der Waals surface area contributed by atoms with Gasteiger partial charge in [0, 0.05) is 25.7 Å². The second kappa shape index (κ2) is 9.32. The van der Waals surface area contributed by atoms with Gasteiger partial charge in [-0.2, -0.15) is 9.97 Å². The lowest BCUT2D eigenvalue weighted by molar-refractivity contribution is 0.434. The highest BCUT2D eigenvalue weighted by Crippen LogP contribution is 2.27. The van der Waals surface area contributed by atoms with Gasteiger partial charge in [-0.3, -0.25) is 0 Å². The van der Waals surface area contributed by atoms with Crippen LogP contribution in [-0.2, 0) is 0 Å². The zero-order valence-electron chi connectivity index (χ0n) is 15.5. The van der Waals surface area contributed by atoms with Gasteiger partial charge in [-0.15, -0.1) is 6.58 Å². The van der Waals surface area contributed by atoms with Gasteiger partial charge < -0.3 is 20.3 Å². The number of hydrogen-bond donors (Lipinski definition) is 2. The average molecular weight is 384 g/mol. The van der Waals surface area contributed by atoms with E-state index in [1.165, 1.54) is 0 Å². The third kappa shape index (κ3) is 5.65. The van der Waals surface area contributed by atoms with Gasteiger partial charge in [0.15, 0.2) is 5.11 Å². The van der Waals surface area contributed by atoms with E-state index in [0.29, 0.717) is 23.5 Å². The molecular formula is C20H25N5OS. The molecule has 2 N–H and O–H groups in total. The highest BCUT2D eigenvalue weighted by molar-refractivity contribution is 7.80. The van der Waals surface area contributed by atoms with E-state index in [1.807, 2.05) is 36.4 Å². The number of hydrogen-bond acceptors (Lipinski definition) is 5. The Morgan fingerprint density at radius 3 is 2.74 bits per heavy atom. The number of piperidine rings is 1. The largest absolute Gasteiger partial charge is 0.439 e. The van der Waals surface area contributed by atoms with Crippen LogP contribution in [0.5, 0.6) is 11.6 Å². The van der Waals surface area contributed by atoms with Crippen molar-refractivity contribution in [3.05, 3.63) is 49.1 Å². The first-order chi connectivity index (χ1) is 13.1. The molecule has 0 amide bonds. The van der Waals surface area contributed by atoms with Crippen molar-refractivity contribution in [2.45, 2.75) is 19.8 Å². The Morgan fingerprint density at radius 1 is 1.30 bits per heavy atom. The van der Waals surface area contributed by atoms with E-state index in [9.17, 15) is 0 Å². The Kier molecular flexibility index (Phi) is 6.59. The molecule has 1 fully saturated rings. The van der Waals surface area contributed by atoms with Crippen LogP contribution >= 0.6 is 12.2 Å². The summed E-state index contributed by atoms with van der Waals surface area (Å²) in [5.41, 5.74) is 0. The van der Waals surface area contributed by atoms with Crippen LogP contribution in [0.25, 0.3) is 0 Å². The van der Waals surface area contributed by atoms with E-state index < -0.39 is 0 Å². The topological polar surface area (TPSA) is 62.3 Å². The third-order valence-electron chi connectivity index (χ3n) is 4.39.